The second-order valence-corrected chi connectivity index (χ2v) is 7.85. The van der Waals surface area contributed by atoms with Crippen molar-refractivity contribution in [2.75, 3.05) is 18.6 Å². The molecule has 0 saturated heterocycles. The third-order valence-electron chi connectivity index (χ3n) is 5.68. The Hall–Kier alpha value is -3.93. The highest BCUT2D eigenvalue weighted by atomic mass is 19.1. The molecule has 0 radical (unpaired) electrons. The van der Waals surface area contributed by atoms with Gasteiger partial charge in [0.05, 0.1) is 18.4 Å². The lowest BCUT2D eigenvalue weighted by molar-refractivity contribution is -0.120. The minimum atomic E-state index is -0.461. The molecule has 0 atom stereocenters. The molecular weight excluding hydrogens is 419 g/mol. The minimum absolute atomic E-state index is 0.251. The molecule has 1 aliphatic heterocycles. The van der Waals surface area contributed by atoms with Crippen LogP contribution in [0.3, 0.4) is 0 Å². The number of halogens is 1. The number of carbonyl (C=O) groups is 2. The Morgan fingerprint density at radius 1 is 0.939 bits per heavy atom. The summed E-state index contributed by atoms with van der Waals surface area (Å²) in [5.41, 5.74) is 3.32. The van der Waals surface area contributed by atoms with Crippen LogP contribution in [0.2, 0.25) is 0 Å². The Labute approximate surface area is 192 Å². The van der Waals surface area contributed by atoms with Crippen molar-refractivity contribution in [2.45, 2.75) is 20.4 Å². The summed E-state index contributed by atoms with van der Waals surface area (Å²) in [7, 11) is 1.50. The van der Waals surface area contributed by atoms with Crippen LogP contribution in [0, 0.1) is 12.7 Å². The summed E-state index contributed by atoms with van der Waals surface area (Å²) in [5.74, 6) is -0.877. The summed E-state index contributed by atoms with van der Waals surface area (Å²) in [6.45, 7) is 4.78. The first-order valence-corrected chi connectivity index (χ1v) is 10.8. The van der Waals surface area contributed by atoms with E-state index < -0.39 is 17.6 Å². The maximum Gasteiger partial charge on any atom is 0.282 e. The van der Waals surface area contributed by atoms with Crippen LogP contribution in [0.4, 0.5) is 10.1 Å². The Balaban J connectivity index is 1.86. The lowest BCUT2D eigenvalue weighted by Crippen LogP contribution is -2.35. The van der Waals surface area contributed by atoms with Gasteiger partial charge in [0.2, 0.25) is 0 Å². The molecule has 6 heteroatoms. The fourth-order valence-electron chi connectivity index (χ4n) is 4.03. The third-order valence-corrected chi connectivity index (χ3v) is 5.68. The molecule has 0 bridgehead atoms. The summed E-state index contributed by atoms with van der Waals surface area (Å²) < 4.78 is 19.1. The molecule has 0 aliphatic carbocycles. The molecular formula is C27H25FN2O3. The first-order chi connectivity index (χ1) is 15.9. The topological polar surface area (TPSA) is 49.9 Å². The predicted molar refractivity (Wildman–Crippen MR) is 126 cm³/mol. The zero-order valence-electron chi connectivity index (χ0n) is 18.8. The Kier molecular flexibility index (Phi) is 6.27. The zero-order chi connectivity index (χ0) is 23.5. The number of benzene rings is 3. The van der Waals surface area contributed by atoms with E-state index in [0.717, 1.165) is 16.0 Å². The number of hydrogen-bond donors (Lipinski definition) is 0. The lowest BCUT2D eigenvalue weighted by atomic mass is 10.0. The molecule has 3 aromatic carbocycles. The van der Waals surface area contributed by atoms with Gasteiger partial charge < -0.3 is 9.64 Å². The highest BCUT2D eigenvalue weighted by Crippen LogP contribution is 2.39. The highest BCUT2D eigenvalue weighted by Gasteiger charge is 2.43. The number of amides is 2. The van der Waals surface area contributed by atoms with Gasteiger partial charge in [0.15, 0.2) is 0 Å². The Morgan fingerprint density at radius 2 is 1.64 bits per heavy atom. The van der Waals surface area contributed by atoms with E-state index in [-0.39, 0.29) is 5.57 Å². The number of hydrogen-bond acceptors (Lipinski definition) is 4. The van der Waals surface area contributed by atoms with Gasteiger partial charge in [-0.25, -0.2) is 9.29 Å². The number of aryl methyl sites for hydroxylation is 1. The number of methoxy groups -OCH3 is 1. The quantitative estimate of drug-likeness (QED) is 0.484. The zero-order valence-corrected chi connectivity index (χ0v) is 18.8. The van der Waals surface area contributed by atoms with Gasteiger partial charge in [0, 0.05) is 13.1 Å². The Morgan fingerprint density at radius 3 is 2.27 bits per heavy atom. The predicted octanol–water partition coefficient (Wildman–Crippen LogP) is 4.95. The largest absolute Gasteiger partial charge is 0.495 e. The number of likely N-dealkylation sites (N-methyl/N-ethyl adjacent to an activating group) is 1. The van der Waals surface area contributed by atoms with Crippen molar-refractivity contribution in [2.24, 2.45) is 0 Å². The molecule has 0 fully saturated rings. The number of anilines is 1. The normalized spacial score (nSPS) is 13.6. The van der Waals surface area contributed by atoms with E-state index in [1.54, 1.807) is 12.1 Å². The van der Waals surface area contributed by atoms with Crippen LogP contribution in [-0.4, -0.2) is 30.4 Å². The average Bonchev–Trinajstić information content (AvgIpc) is 3.08. The van der Waals surface area contributed by atoms with Crippen molar-refractivity contribution in [3.63, 3.8) is 0 Å². The van der Waals surface area contributed by atoms with Gasteiger partial charge >= 0.3 is 0 Å². The maximum absolute atomic E-state index is 13.8. The van der Waals surface area contributed by atoms with Gasteiger partial charge in [-0.2, -0.15) is 0 Å². The maximum atomic E-state index is 13.8. The van der Waals surface area contributed by atoms with Crippen molar-refractivity contribution in [3.05, 3.63) is 101 Å². The molecule has 2 amide bonds. The molecule has 168 valence electrons. The van der Waals surface area contributed by atoms with Gasteiger partial charge in [-0.3, -0.25) is 9.59 Å². The molecule has 0 unspecified atom stereocenters. The molecule has 1 aliphatic rings. The number of nitrogens with zero attached hydrogens (tertiary/aromatic N) is 2. The van der Waals surface area contributed by atoms with Gasteiger partial charge in [0.1, 0.15) is 17.3 Å². The summed E-state index contributed by atoms with van der Waals surface area (Å²) in [4.78, 5) is 30.6. The van der Waals surface area contributed by atoms with Gasteiger partial charge in [0.25, 0.3) is 11.8 Å². The molecule has 5 nitrogen and oxygen atoms in total. The monoisotopic (exact) mass is 444 g/mol. The lowest BCUT2D eigenvalue weighted by Gasteiger charge is -2.25. The van der Waals surface area contributed by atoms with Crippen molar-refractivity contribution in [3.8, 4) is 5.75 Å². The van der Waals surface area contributed by atoms with E-state index in [1.807, 2.05) is 55.1 Å². The van der Waals surface area contributed by atoms with Crippen LogP contribution >= 0.6 is 0 Å². The first kappa shape index (κ1) is 22.3. The van der Waals surface area contributed by atoms with Gasteiger partial charge in [-0.05, 0) is 54.8 Å². The van der Waals surface area contributed by atoms with E-state index in [1.165, 1.54) is 31.4 Å². The smallest absolute Gasteiger partial charge is 0.282 e. The highest BCUT2D eigenvalue weighted by molar-refractivity contribution is 6.45. The SMILES string of the molecule is CCN(Cc1ccccc1)C1=C(c2ccc(F)cc2)C(=O)N(c2cc(C)ccc2OC)C1=O. The van der Waals surface area contributed by atoms with Crippen molar-refractivity contribution >= 4 is 23.1 Å². The van der Waals surface area contributed by atoms with Crippen LogP contribution in [0.5, 0.6) is 5.75 Å². The standard InChI is InChI=1S/C27H25FN2O3/c1-4-29(17-19-8-6-5-7-9-19)25-24(20-11-13-21(28)14-12-20)26(31)30(27(25)32)22-16-18(2)10-15-23(22)33-3/h5-16H,4,17H2,1-3H3. The second kappa shape index (κ2) is 9.28. The molecule has 4 rings (SSSR count). The number of carbonyl (C=O) groups excluding carboxylic acids is 2. The van der Waals surface area contributed by atoms with E-state index >= 15 is 0 Å². The number of imide groups is 1. The fourth-order valence-corrected chi connectivity index (χ4v) is 4.03. The van der Waals surface area contributed by atoms with Crippen molar-refractivity contribution in [1.82, 2.24) is 4.90 Å². The number of rotatable bonds is 7. The Bertz CT molecular complexity index is 1220. The minimum Gasteiger partial charge on any atom is -0.495 e. The molecule has 33 heavy (non-hydrogen) atoms. The first-order valence-electron chi connectivity index (χ1n) is 10.8. The molecule has 0 saturated carbocycles. The van der Waals surface area contributed by atoms with E-state index in [2.05, 4.69) is 0 Å². The average molecular weight is 445 g/mol. The summed E-state index contributed by atoms with van der Waals surface area (Å²) >= 11 is 0. The third kappa shape index (κ3) is 4.24. The van der Waals surface area contributed by atoms with Crippen LogP contribution < -0.4 is 9.64 Å². The molecule has 1 heterocycles. The summed E-state index contributed by atoms with van der Waals surface area (Å²) in [6.07, 6.45) is 0. The number of ether oxygens (including phenoxy) is 1. The molecule has 0 N–H and O–H groups in total. The van der Waals surface area contributed by atoms with E-state index in [4.69, 9.17) is 4.74 Å². The van der Waals surface area contributed by atoms with Crippen LogP contribution in [0.15, 0.2) is 78.5 Å². The van der Waals surface area contributed by atoms with E-state index in [9.17, 15) is 14.0 Å². The van der Waals surface area contributed by atoms with Crippen LogP contribution in [0.1, 0.15) is 23.6 Å². The molecule has 3 aromatic rings. The van der Waals surface area contributed by atoms with E-state index in [0.29, 0.717) is 35.8 Å². The summed E-state index contributed by atoms with van der Waals surface area (Å²) in [6, 6.07) is 20.8. The summed E-state index contributed by atoms with van der Waals surface area (Å²) in [5, 5.41) is 0. The second-order valence-electron chi connectivity index (χ2n) is 7.85. The van der Waals surface area contributed by atoms with Gasteiger partial charge in [-0.15, -0.1) is 0 Å². The van der Waals surface area contributed by atoms with Gasteiger partial charge in [-0.1, -0.05) is 48.5 Å². The van der Waals surface area contributed by atoms with Crippen molar-refractivity contribution < 1.29 is 18.7 Å². The molecule has 0 spiro atoms. The van der Waals surface area contributed by atoms with Crippen LogP contribution in [-0.2, 0) is 16.1 Å². The molecule has 0 aromatic heterocycles. The van der Waals surface area contributed by atoms with Crippen molar-refractivity contribution in [1.29, 1.82) is 0 Å². The van der Waals surface area contributed by atoms with Crippen LogP contribution in [0.25, 0.3) is 5.57 Å². The fraction of sp³-hybridized carbons (Fsp3) is 0.185.